The highest BCUT2D eigenvalue weighted by Gasteiger charge is 2.05. The second kappa shape index (κ2) is 11.0. The van der Waals surface area contributed by atoms with Crippen molar-refractivity contribution in [2.75, 3.05) is 26.4 Å². The summed E-state index contributed by atoms with van der Waals surface area (Å²) in [6.07, 6.45) is 2.50. The second-order valence-electron chi connectivity index (χ2n) is 4.06. The number of rotatable bonds is 10. The quantitative estimate of drug-likeness (QED) is 0.432. The molecule has 1 unspecified atom stereocenters. The van der Waals surface area contributed by atoms with Gasteiger partial charge in [0.2, 0.25) is 5.91 Å². The first-order valence-electron chi connectivity index (χ1n) is 6.34. The maximum absolute atomic E-state index is 11.1. The van der Waals surface area contributed by atoms with Gasteiger partial charge in [0.05, 0.1) is 12.6 Å². The largest absolute Gasteiger partial charge is 0.464 e. The van der Waals surface area contributed by atoms with Gasteiger partial charge in [-0.05, 0) is 19.8 Å². The topological polar surface area (TPSA) is 90.6 Å². The Morgan fingerprint density at radius 1 is 1.28 bits per heavy atom. The highest BCUT2D eigenvalue weighted by Crippen LogP contribution is 1.90. The third-order valence-corrected chi connectivity index (χ3v) is 2.16. The summed E-state index contributed by atoms with van der Waals surface area (Å²) in [4.78, 5) is 22.2. The molecule has 6 heteroatoms. The Balaban J connectivity index is 3.29. The number of unbranched alkanes of at least 4 members (excludes halogenated alkanes) is 1. The van der Waals surface area contributed by atoms with Crippen molar-refractivity contribution in [2.45, 2.75) is 39.2 Å². The van der Waals surface area contributed by atoms with E-state index in [1.807, 2.05) is 6.92 Å². The van der Waals surface area contributed by atoms with Crippen molar-refractivity contribution in [3.63, 3.8) is 0 Å². The maximum Gasteiger partial charge on any atom is 0.332 e. The number of hydrogen-bond acceptors (Lipinski definition) is 5. The molecule has 0 bridgehead atoms. The molecule has 0 aliphatic heterocycles. The molecule has 1 atom stereocenters. The Morgan fingerprint density at radius 3 is 2.61 bits per heavy atom. The molecule has 1 amide bonds. The van der Waals surface area contributed by atoms with Crippen LogP contribution in [0.4, 0.5) is 0 Å². The van der Waals surface area contributed by atoms with Crippen LogP contribution in [0.25, 0.3) is 0 Å². The van der Waals surface area contributed by atoms with Gasteiger partial charge in [-0.3, -0.25) is 4.79 Å². The lowest BCUT2D eigenvalue weighted by molar-refractivity contribution is -0.149. The van der Waals surface area contributed by atoms with Crippen LogP contribution >= 0.6 is 0 Å². The summed E-state index contributed by atoms with van der Waals surface area (Å²) < 4.78 is 10.0. The zero-order chi connectivity index (χ0) is 13.8. The fraction of sp³-hybridized carbons (Fsp3) is 0.833. The van der Waals surface area contributed by atoms with E-state index >= 15 is 0 Å². The fourth-order valence-electron chi connectivity index (χ4n) is 1.07. The summed E-state index contributed by atoms with van der Waals surface area (Å²) in [6, 6.07) is -0.500. The second-order valence-corrected chi connectivity index (χ2v) is 4.06. The third-order valence-electron chi connectivity index (χ3n) is 2.16. The maximum atomic E-state index is 11.1. The predicted octanol–water partition coefficient (Wildman–Crippen LogP) is 0.200. The van der Waals surface area contributed by atoms with Gasteiger partial charge in [0.1, 0.15) is 6.61 Å². The predicted molar refractivity (Wildman–Crippen MR) is 68.0 cm³/mol. The molecule has 0 fully saturated rings. The normalized spacial score (nSPS) is 11.9. The number of nitrogens with one attached hydrogen (secondary N) is 1. The summed E-state index contributed by atoms with van der Waals surface area (Å²) in [7, 11) is 0. The summed E-state index contributed by atoms with van der Waals surface area (Å²) in [5.74, 6) is -0.531. The van der Waals surface area contributed by atoms with Gasteiger partial charge in [0, 0.05) is 13.2 Å². The van der Waals surface area contributed by atoms with E-state index in [9.17, 15) is 9.59 Å². The average molecular weight is 260 g/mol. The van der Waals surface area contributed by atoms with Gasteiger partial charge in [0.15, 0.2) is 0 Å². The zero-order valence-corrected chi connectivity index (χ0v) is 11.2. The number of carbonyl (C=O) groups excluding carboxylic acids is 2. The Kier molecular flexibility index (Phi) is 10.3. The van der Waals surface area contributed by atoms with Crippen molar-refractivity contribution < 1.29 is 19.1 Å². The molecule has 0 saturated heterocycles. The van der Waals surface area contributed by atoms with Crippen molar-refractivity contribution in [1.82, 2.24) is 5.32 Å². The smallest absolute Gasteiger partial charge is 0.332 e. The van der Waals surface area contributed by atoms with Crippen molar-refractivity contribution >= 4 is 11.9 Å². The molecule has 3 N–H and O–H groups in total. The molecule has 106 valence electrons. The van der Waals surface area contributed by atoms with Crippen LogP contribution in [0.2, 0.25) is 0 Å². The van der Waals surface area contributed by atoms with Crippen molar-refractivity contribution in [1.29, 1.82) is 0 Å². The standard InChI is InChI=1S/C12H24N2O4/c1-3-4-8-18-11(15)9-17-7-5-6-14-12(16)10(2)13/h10H,3-9,13H2,1-2H3,(H,14,16). The Bertz CT molecular complexity index is 244. The molecule has 0 saturated carbocycles. The third kappa shape index (κ3) is 10.0. The van der Waals surface area contributed by atoms with Crippen LogP contribution < -0.4 is 11.1 Å². The van der Waals surface area contributed by atoms with Crippen LogP contribution in [0.15, 0.2) is 0 Å². The van der Waals surface area contributed by atoms with E-state index in [4.69, 9.17) is 15.2 Å². The van der Waals surface area contributed by atoms with Gasteiger partial charge in [-0.25, -0.2) is 4.79 Å². The van der Waals surface area contributed by atoms with Crippen molar-refractivity contribution in [3.8, 4) is 0 Å². The van der Waals surface area contributed by atoms with Crippen LogP contribution in [0, 0.1) is 0 Å². The Hall–Kier alpha value is -1.14. The van der Waals surface area contributed by atoms with E-state index in [0.29, 0.717) is 26.2 Å². The summed E-state index contributed by atoms with van der Waals surface area (Å²) in [5, 5.41) is 2.65. The number of hydrogen-bond donors (Lipinski definition) is 2. The highest BCUT2D eigenvalue weighted by atomic mass is 16.6. The number of esters is 1. The van der Waals surface area contributed by atoms with E-state index in [2.05, 4.69) is 5.32 Å². The van der Waals surface area contributed by atoms with E-state index in [1.165, 1.54) is 0 Å². The Labute approximate surface area is 108 Å². The van der Waals surface area contributed by atoms with Crippen LogP contribution in [0.5, 0.6) is 0 Å². The lowest BCUT2D eigenvalue weighted by atomic mass is 10.3. The molecular formula is C12H24N2O4. The van der Waals surface area contributed by atoms with Crippen LogP contribution in [-0.2, 0) is 19.1 Å². The molecule has 0 aromatic rings. The van der Waals surface area contributed by atoms with Gasteiger partial charge in [-0.15, -0.1) is 0 Å². The molecule has 0 aliphatic rings. The number of ether oxygens (including phenoxy) is 2. The minimum atomic E-state index is -0.500. The molecule has 0 aromatic carbocycles. The van der Waals surface area contributed by atoms with E-state index in [0.717, 1.165) is 12.8 Å². The Morgan fingerprint density at radius 2 is 2.00 bits per heavy atom. The molecule has 0 aliphatic carbocycles. The number of carbonyl (C=O) groups is 2. The monoisotopic (exact) mass is 260 g/mol. The summed E-state index contributed by atoms with van der Waals surface area (Å²) >= 11 is 0. The van der Waals surface area contributed by atoms with Gasteiger partial charge >= 0.3 is 5.97 Å². The molecule has 0 rings (SSSR count). The van der Waals surface area contributed by atoms with Gasteiger partial charge in [-0.1, -0.05) is 13.3 Å². The molecule has 6 nitrogen and oxygen atoms in total. The first-order valence-corrected chi connectivity index (χ1v) is 6.34. The highest BCUT2D eigenvalue weighted by molar-refractivity contribution is 5.80. The first kappa shape index (κ1) is 16.9. The number of amides is 1. The van der Waals surface area contributed by atoms with Crippen molar-refractivity contribution in [2.24, 2.45) is 5.73 Å². The van der Waals surface area contributed by atoms with Crippen LogP contribution in [-0.4, -0.2) is 44.3 Å². The minimum absolute atomic E-state index is 0.0368. The van der Waals surface area contributed by atoms with Gasteiger partial charge in [-0.2, -0.15) is 0 Å². The van der Waals surface area contributed by atoms with Crippen molar-refractivity contribution in [3.05, 3.63) is 0 Å². The van der Waals surface area contributed by atoms with Gasteiger partial charge in [0.25, 0.3) is 0 Å². The van der Waals surface area contributed by atoms with E-state index in [-0.39, 0.29) is 18.5 Å². The SMILES string of the molecule is CCCCOC(=O)COCCCNC(=O)C(C)N. The van der Waals surface area contributed by atoms with E-state index in [1.54, 1.807) is 6.92 Å². The molecule has 0 spiro atoms. The average Bonchev–Trinajstić information content (AvgIpc) is 2.33. The fourth-order valence-corrected chi connectivity index (χ4v) is 1.07. The molecule has 0 radical (unpaired) electrons. The molecule has 18 heavy (non-hydrogen) atoms. The molecule has 0 heterocycles. The lowest BCUT2D eigenvalue weighted by Crippen LogP contribution is -2.38. The number of nitrogens with two attached hydrogens (primary N) is 1. The molecule has 0 aromatic heterocycles. The van der Waals surface area contributed by atoms with E-state index < -0.39 is 6.04 Å². The van der Waals surface area contributed by atoms with Crippen LogP contribution in [0.1, 0.15) is 33.1 Å². The summed E-state index contributed by atoms with van der Waals surface area (Å²) in [6.45, 7) is 4.96. The summed E-state index contributed by atoms with van der Waals surface area (Å²) in [5.41, 5.74) is 5.37. The van der Waals surface area contributed by atoms with Gasteiger partial charge < -0.3 is 20.5 Å². The lowest BCUT2D eigenvalue weighted by Gasteiger charge is -2.08. The minimum Gasteiger partial charge on any atom is -0.464 e. The zero-order valence-electron chi connectivity index (χ0n) is 11.2. The van der Waals surface area contributed by atoms with Crippen LogP contribution in [0.3, 0.4) is 0 Å². The first-order chi connectivity index (χ1) is 8.57. The molecular weight excluding hydrogens is 236 g/mol.